The predicted octanol–water partition coefficient (Wildman–Crippen LogP) is 4.59. The Kier molecular flexibility index (Phi) is 3.42. The minimum absolute atomic E-state index is 0.0187. The second-order valence-electron chi connectivity index (χ2n) is 10.2. The van der Waals surface area contributed by atoms with Gasteiger partial charge in [0.05, 0.1) is 0 Å². The van der Waals surface area contributed by atoms with Gasteiger partial charge in [0.15, 0.2) is 5.78 Å². The quantitative estimate of drug-likeness (QED) is 0.664. The number of fused-ring (bicyclic) bond motifs is 3. The largest absolute Gasteiger partial charge is 0.454 e. The van der Waals surface area contributed by atoms with E-state index < -0.39 is 5.60 Å². The molecule has 0 aliphatic heterocycles. The highest BCUT2D eigenvalue weighted by Gasteiger charge is 2.59. The summed E-state index contributed by atoms with van der Waals surface area (Å²) >= 11 is 0. The number of Topliss-reactive ketones (excluding diaryl/α,β-unsaturated/α-hetero) is 1. The van der Waals surface area contributed by atoms with E-state index in [0.717, 1.165) is 37.7 Å². The molecule has 0 heterocycles. The average Bonchev–Trinajstić information content (AvgIpc) is 2.18. The third-order valence-electron chi connectivity index (χ3n) is 5.78. The molecular weight excluding hydrogens is 288 g/mol. The van der Waals surface area contributed by atoms with Gasteiger partial charge in [-0.05, 0) is 48.3 Å². The molecule has 3 aliphatic rings. The van der Waals surface area contributed by atoms with Gasteiger partial charge in [0.25, 0.3) is 0 Å². The van der Waals surface area contributed by atoms with Crippen molar-refractivity contribution in [3.05, 3.63) is 11.1 Å². The Balaban J connectivity index is 2.17. The first-order chi connectivity index (χ1) is 10.4. The number of allylic oxidation sites excluding steroid dienone is 1. The summed E-state index contributed by atoms with van der Waals surface area (Å²) in [5.41, 5.74) is 1.64. The van der Waals surface area contributed by atoms with Crippen molar-refractivity contribution in [2.75, 3.05) is 0 Å². The summed E-state index contributed by atoms with van der Waals surface area (Å²) in [7, 11) is 0. The molecule has 0 aromatic carbocycles. The van der Waals surface area contributed by atoms with Crippen LogP contribution in [-0.4, -0.2) is 17.4 Å². The van der Waals surface area contributed by atoms with Gasteiger partial charge in [0.1, 0.15) is 5.60 Å². The molecule has 3 nitrogen and oxygen atoms in total. The van der Waals surface area contributed by atoms with E-state index >= 15 is 0 Å². The monoisotopic (exact) mass is 318 g/mol. The van der Waals surface area contributed by atoms with Crippen molar-refractivity contribution in [1.82, 2.24) is 0 Å². The van der Waals surface area contributed by atoms with Crippen LogP contribution in [-0.2, 0) is 14.3 Å². The lowest BCUT2D eigenvalue weighted by molar-refractivity contribution is -0.170. The molecule has 0 radical (unpaired) electrons. The lowest BCUT2D eigenvalue weighted by atomic mass is 9.49. The zero-order chi connectivity index (χ0) is 17.3. The van der Waals surface area contributed by atoms with Crippen molar-refractivity contribution in [2.45, 2.75) is 85.7 Å². The SMILES string of the molecule is CC(=O)O[C@]12CC(C)(C)C[C@](C)(CC3=C1C(=O)CC(C)(C)C3)C2. The van der Waals surface area contributed by atoms with Crippen molar-refractivity contribution >= 4 is 11.8 Å². The average molecular weight is 318 g/mol. The summed E-state index contributed by atoms with van der Waals surface area (Å²) in [4.78, 5) is 24.9. The molecule has 0 aromatic rings. The molecule has 0 amide bonds. The summed E-state index contributed by atoms with van der Waals surface area (Å²) in [6.45, 7) is 12.6. The van der Waals surface area contributed by atoms with Gasteiger partial charge in [-0.3, -0.25) is 9.59 Å². The molecular formula is C20H30O3. The molecule has 128 valence electrons. The molecule has 1 saturated carbocycles. The highest BCUT2D eigenvalue weighted by atomic mass is 16.6. The van der Waals surface area contributed by atoms with Crippen molar-refractivity contribution in [2.24, 2.45) is 16.2 Å². The van der Waals surface area contributed by atoms with E-state index in [2.05, 4.69) is 34.6 Å². The molecule has 0 spiro atoms. The third kappa shape index (κ3) is 2.88. The molecule has 0 aromatic heterocycles. The zero-order valence-corrected chi connectivity index (χ0v) is 15.5. The molecule has 1 fully saturated rings. The van der Waals surface area contributed by atoms with Crippen LogP contribution >= 0.6 is 0 Å². The fraction of sp³-hybridized carbons (Fsp3) is 0.800. The van der Waals surface area contributed by atoms with Gasteiger partial charge in [0.2, 0.25) is 0 Å². The minimum Gasteiger partial charge on any atom is -0.454 e. The topological polar surface area (TPSA) is 43.4 Å². The Morgan fingerprint density at radius 1 is 0.913 bits per heavy atom. The summed E-state index contributed by atoms with van der Waals surface area (Å²) in [6, 6.07) is 0. The van der Waals surface area contributed by atoms with Crippen LogP contribution in [0.15, 0.2) is 11.1 Å². The highest BCUT2D eigenvalue weighted by molar-refractivity contribution is 6.00. The molecule has 23 heavy (non-hydrogen) atoms. The Morgan fingerprint density at radius 2 is 1.57 bits per heavy atom. The van der Waals surface area contributed by atoms with Gasteiger partial charge in [-0.2, -0.15) is 0 Å². The summed E-state index contributed by atoms with van der Waals surface area (Å²) in [5.74, 6) is -0.0614. The second-order valence-corrected chi connectivity index (χ2v) is 10.2. The Labute approximate surface area is 139 Å². The Bertz CT molecular complexity index is 610. The summed E-state index contributed by atoms with van der Waals surface area (Å²) < 4.78 is 5.94. The number of rotatable bonds is 1. The van der Waals surface area contributed by atoms with Crippen molar-refractivity contribution in [3.63, 3.8) is 0 Å². The second kappa shape index (κ2) is 4.70. The van der Waals surface area contributed by atoms with Crippen LogP contribution in [0, 0.1) is 16.2 Å². The van der Waals surface area contributed by atoms with E-state index in [1.165, 1.54) is 12.5 Å². The van der Waals surface area contributed by atoms with Crippen LogP contribution in [0.1, 0.15) is 80.1 Å². The molecule has 0 saturated heterocycles. The number of ether oxygens (including phenoxy) is 1. The first kappa shape index (κ1) is 16.7. The van der Waals surface area contributed by atoms with Gasteiger partial charge >= 0.3 is 5.97 Å². The fourth-order valence-corrected chi connectivity index (χ4v) is 6.20. The van der Waals surface area contributed by atoms with E-state index in [4.69, 9.17) is 4.74 Å². The summed E-state index contributed by atoms with van der Waals surface area (Å²) in [5, 5.41) is 0. The van der Waals surface area contributed by atoms with Gasteiger partial charge in [-0.1, -0.05) is 40.2 Å². The van der Waals surface area contributed by atoms with E-state index in [1.54, 1.807) is 0 Å². The molecule has 0 N–H and O–H groups in total. The molecule has 3 aliphatic carbocycles. The van der Waals surface area contributed by atoms with E-state index in [0.29, 0.717) is 6.42 Å². The number of hydrogen-bond donors (Lipinski definition) is 0. The molecule has 2 bridgehead atoms. The van der Waals surface area contributed by atoms with E-state index in [1.807, 2.05) is 0 Å². The van der Waals surface area contributed by atoms with Gasteiger partial charge in [-0.25, -0.2) is 0 Å². The maximum atomic E-state index is 13.0. The lowest BCUT2D eigenvalue weighted by Gasteiger charge is -2.58. The van der Waals surface area contributed by atoms with E-state index in [-0.39, 0.29) is 28.0 Å². The predicted molar refractivity (Wildman–Crippen MR) is 89.9 cm³/mol. The van der Waals surface area contributed by atoms with Gasteiger partial charge < -0.3 is 4.74 Å². The van der Waals surface area contributed by atoms with Crippen LogP contribution < -0.4 is 0 Å². The van der Waals surface area contributed by atoms with Crippen molar-refractivity contribution in [1.29, 1.82) is 0 Å². The standard InChI is InChI=1S/C20H30O3/c1-13(21)23-20-11-18(4,5)10-19(6,12-20)8-14-7-17(2,3)9-15(22)16(14)20/h7-12H2,1-6H3/t19-,20-/m0/s1. The number of carbonyl (C=O) groups excluding carboxylic acids is 2. The molecule has 0 unspecified atom stereocenters. The molecule has 3 rings (SSSR count). The van der Waals surface area contributed by atoms with Crippen molar-refractivity contribution < 1.29 is 14.3 Å². The minimum atomic E-state index is -0.691. The summed E-state index contributed by atoms with van der Waals surface area (Å²) in [6.07, 6.45) is 5.17. The van der Waals surface area contributed by atoms with Crippen LogP contribution in [0.4, 0.5) is 0 Å². The molecule has 3 heteroatoms. The zero-order valence-electron chi connectivity index (χ0n) is 15.5. The maximum Gasteiger partial charge on any atom is 0.303 e. The fourth-order valence-electron chi connectivity index (χ4n) is 6.20. The normalized spacial score (nSPS) is 38.1. The van der Waals surface area contributed by atoms with Gasteiger partial charge in [0, 0.05) is 18.9 Å². The van der Waals surface area contributed by atoms with Crippen LogP contribution in [0.5, 0.6) is 0 Å². The Hall–Kier alpha value is -1.12. The van der Waals surface area contributed by atoms with E-state index in [9.17, 15) is 9.59 Å². The van der Waals surface area contributed by atoms with Crippen LogP contribution in [0.3, 0.4) is 0 Å². The number of hydrogen-bond acceptors (Lipinski definition) is 3. The van der Waals surface area contributed by atoms with Crippen LogP contribution in [0.2, 0.25) is 0 Å². The highest BCUT2D eigenvalue weighted by Crippen LogP contribution is 2.62. The number of carbonyl (C=O) groups is 2. The lowest BCUT2D eigenvalue weighted by Crippen LogP contribution is -2.56. The van der Waals surface area contributed by atoms with Crippen molar-refractivity contribution in [3.8, 4) is 0 Å². The third-order valence-corrected chi connectivity index (χ3v) is 5.78. The first-order valence-corrected chi connectivity index (χ1v) is 8.81. The first-order valence-electron chi connectivity index (χ1n) is 8.81. The molecule has 2 atom stereocenters. The number of ketones is 1. The Morgan fingerprint density at radius 3 is 2.17 bits per heavy atom. The van der Waals surface area contributed by atoms with Crippen LogP contribution in [0.25, 0.3) is 0 Å². The van der Waals surface area contributed by atoms with Gasteiger partial charge in [-0.15, -0.1) is 0 Å². The smallest absolute Gasteiger partial charge is 0.303 e. The number of esters is 1. The maximum absolute atomic E-state index is 13.0.